The van der Waals surface area contributed by atoms with Gasteiger partial charge in [-0.15, -0.1) is 0 Å². The lowest BCUT2D eigenvalue weighted by atomic mass is 10.1. The molecule has 55 heavy (non-hydrogen) atoms. The molecule has 3 aromatic carbocycles. The predicted octanol–water partition coefficient (Wildman–Crippen LogP) is 5.81. The van der Waals surface area contributed by atoms with E-state index in [4.69, 9.17) is 50.5 Å². The maximum Gasteiger partial charge on any atom is 0.254 e. The molecule has 5 heterocycles. The highest BCUT2D eigenvalue weighted by molar-refractivity contribution is 6.33. The van der Waals surface area contributed by atoms with E-state index in [1.807, 2.05) is 48.8 Å². The van der Waals surface area contributed by atoms with Crippen LogP contribution in [0.25, 0.3) is 11.3 Å². The smallest absolute Gasteiger partial charge is 0.254 e. The van der Waals surface area contributed by atoms with E-state index in [1.54, 1.807) is 25.2 Å². The first kappa shape index (κ1) is 36.5. The summed E-state index contributed by atoms with van der Waals surface area (Å²) in [5.74, 6) is 3.55. The van der Waals surface area contributed by atoms with Gasteiger partial charge in [0.2, 0.25) is 11.9 Å². The molecule has 1 amide bonds. The van der Waals surface area contributed by atoms with Crippen LogP contribution in [0.4, 0.5) is 23.4 Å². The molecule has 0 aliphatic carbocycles. The maximum atomic E-state index is 13.2. The number of nitrogens with zero attached hydrogens (tertiary/aromatic N) is 8. The molecule has 3 aliphatic heterocycles. The van der Waals surface area contributed by atoms with E-state index >= 15 is 0 Å². The van der Waals surface area contributed by atoms with Crippen LogP contribution >= 0.6 is 11.6 Å². The third-order valence-electron chi connectivity index (χ3n) is 10.2. The Morgan fingerprint density at radius 1 is 0.782 bits per heavy atom. The fourth-order valence-corrected chi connectivity index (χ4v) is 7.42. The first-order valence-corrected chi connectivity index (χ1v) is 18.9. The van der Waals surface area contributed by atoms with E-state index in [1.165, 1.54) is 0 Å². The summed E-state index contributed by atoms with van der Waals surface area (Å²) in [4.78, 5) is 41.6. The van der Waals surface area contributed by atoms with Gasteiger partial charge in [-0.1, -0.05) is 35.9 Å². The van der Waals surface area contributed by atoms with Gasteiger partial charge in [0.15, 0.2) is 0 Å². The second-order valence-electron chi connectivity index (χ2n) is 13.6. The Labute approximate surface area is 325 Å². The van der Waals surface area contributed by atoms with Crippen LogP contribution in [0.15, 0.2) is 79.1 Å². The number of benzene rings is 3. The fourth-order valence-electron chi connectivity index (χ4n) is 7.14. The molecule has 2 aromatic heterocycles. The number of carbonyl (C=O) groups is 1. The minimum Gasteiger partial charge on any atom is -0.497 e. The van der Waals surface area contributed by atoms with Gasteiger partial charge in [-0.2, -0.15) is 4.98 Å². The summed E-state index contributed by atoms with van der Waals surface area (Å²) in [5, 5.41) is 0.488. The zero-order chi connectivity index (χ0) is 37.7. The average Bonchev–Trinajstić information content (AvgIpc) is 3.68. The van der Waals surface area contributed by atoms with Crippen molar-refractivity contribution in [1.82, 2.24) is 24.8 Å². The molecule has 0 bridgehead atoms. The van der Waals surface area contributed by atoms with Gasteiger partial charge in [-0.3, -0.25) is 4.79 Å². The van der Waals surface area contributed by atoms with Gasteiger partial charge in [-0.05, 0) is 60.0 Å². The highest BCUT2D eigenvalue weighted by atomic mass is 35.5. The summed E-state index contributed by atoms with van der Waals surface area (Å²) in [7, 11) is 3.33. The van der Waals surface area contributed by atoms with Gasteiger partial charge in [0.1, 0.15) is 17.3 Å². The monoisotopic (exact) mass is 762 g/mol. The fraction of sp³-hybridized carbons (Fsp3) is 0.341. The highest BCUT2D eigenvalue weighted by Crippen LogP contribution is 2.42. The van der Waals surface area contributed by atoms with Crippen molar-refractivity contribution in [1.29, 1.82) is 0 Å². The van der Waals surface area contributed by atoms with Gasteiger partial charge in [-0.25, -0.2) is 15.0 Å². The Balaban J connectivity index is 1.12. The Kier molecular flexibility index (Phi) is 10.9. The number of fused-ring (bicyclic) bond motifs is 1. The normalized spacial score (nSPS) is 15.5. The lowest BCUT2D eigenvalue weighted by Gasteiger charge is -2.29. The molecule has 3 aliphatic rings. The maximum absolute atomic E-state index is 13.2. The standard InChI is InChI=1S/C41H43ClN8O5/c1-52-32-8-3-28(4-9-32)26-49(27-29-5-10-33(53-2)11-6-29)40-43-24-31(25-44-40)37-34-13-14-50(38(34)46-41(45-37)48-17-21-55-22-18-48)36-12-7-30(23-35(36)42)39(51)47-15-19-54-20-16-47/h3-12,23-25H,13-22,26-27H2,1-2H3. The van der Waals surface area contributed by atoms with E-state index < -0.39 is 0 Å². The van der Waals surface area contributed by atoms with E-state index in [-0.39, 0.29) is 5.91 Å². The summed E-state index contributed by atoms with van der Waals surface area (Å²) in [6.07, 6.45) is 4.40. The quantitative estimate of drug-likeness (QED) is 0.162. The Bertz CT molecular complexity index is 2060. The molecule has 2 fully saturated rings. The third-order valence-corrected chi connectivity index (χ3v) is 10.5. The van der Waals surface area contributed by atoms with Crippen molar-refractivity contribution in [3.8, 4) is 22.8 Å². The Morgan fingerprint density at radius 2 is 1.38 bits per heavy atom. The number of methoxy groups -OCH3 is 2. The summed E-state index contributed by atoms with van der Waals surface area (Å²) in [6, 6.07) is 21.6. The lowest BCUT2D eigenvalue weighted by Crippen LogP contribution is -2.40. The summed E-state index contributed by atoms with van der Waals surface area (Å²) < 4.78 is 21.9. The van der Waals surface area contributed by atoms with Crippen molar-refractivity contribution >= 4 is 40.9 Å². The minimum absolute atomic E-state index is 0.0483. The van der Waals surface area contributed by atoms with Crippen LogP contribution < -0.4 is 24.2 Å². The van der Waals surface area contributed by atoms with Crippen LogP contribution in [0.5, 0.6) is 11.5 Å². The topological polar surface area (TPSA) is 119 Å². The summed E-state index contributed by atoms with van der Waals surface area (Å²) in [6.45, 7) is 6.58. The first-order valence-electron chi connectivity index (χ1n) is 18.5. The molecular weight excluding hydrogens is 720 g/mol. The van der Waals surface area contributed by atoms with Gasteiger partial charge >= 0.3 is 0 Å². The van der Waals surface area contributed by atoms with Gasteiger partial charge in [0.25, 0.3) is 5.91 Å². The highest BCUT2D eigenvalue weighted by Gasteiger charge is 2.31. The largest absolute Gasteiger partial charge is 0.497 e. The molecule has 2 saturated heterocycles. The van der Waals surface area contributed by atoms with Crippen molar-refractivity contribution in [2.75, 3.05) is 88.1 Å². The first-order chi connectivity index (χ1) is 27.0. The summed E-state index contributed by atoms with van der Waals surface area (Å²) in [5.41, 5.74) is 6.11. The van der Waals surface area contributed by atoms with Crippen molar-refractivity contribution < 1.29 is 23.7 Å². The Morgan fingerprint density at radius 3 is 1.96 bits per heavy atom. The number of aromatic nitrogens is 4. The van der Waals surface area contributed by atoms with Crippen LogP contribution in [-0.4, -0.2) is 104 Å². The van der Waals surface area contributed by atoms with Crippen molar-refractivity contribution in [2.24, 2.45) is 0 Å². The average molecular weight is 763 g/mol. The molecule has 0 unspecified atom stereocenters. The Hall–Kier alpha value is -5.50. The van der Waals surface area contributed by atoms with Crippen LogP contribution in [0.1, 0.15) is 27.0 Å². The van der Waals surface area contributed by atoms with Gasteiger partial charge < -0.3 is 38.5 Å². The number of anilines is 4. The number of carbonyl (C=O) groups excluding carboxylic acids is 1. The lowest BCUT2D eigenvalue weighted by molar-refractivity contribution is 0.0303. The van der Waals surface area contributed by atoms with E-state index in [0.717, 1.165) is 51.0 Å². The molecule has 0 atom stereocenters. The molecule has 0 radical (unpaired) electrons. The van der Waals surface area contributed by atoms with Gasteiger partial charge in [0, 0.05) is 74.9 Å². The van der Waals surface area contributed by atoms with E-state index in [9.17, 15) is 4.79 Å². The molecule has 284 valence electrons. The van der Waals surface area contributed by atoms with Crippen LogP contribution in [0.3, 0.4) is 0 Å². The molecule has 5 aromatic rings. The molecule has 8 rings (SSSR count). The van der Waals surface area contributed by atoms with E-state index in [0.29, 0.717) is 101 Å². The van der Waals surface area contributed by atoms with E-state index in [2.05, 4.69) is 39.0 Å². The number of halogens is 1. The number of amides is 1. The van der Waals surface area contributed by atoms with Gasteiger partial charge in [0.05, 0.1) is 57.1 Å². The zero-order valence-corrected chi connectivity index (χ0v) is 31.7. The van der Waals surface area contributed by atoms with Crippen molar-refractivity contribution in [3.63, 3.8) is 0 Å². The minimum atomic E-state index is -0.0483. The third kappa shape index (κ3) is 8.00. The molecule has 14 heteroatoms. The number of hydrogen-bond donors (Lipinski definition) is 0. The molecule has 0 spiro atoms. The second kappa shape index (κ2) is 16.5. The molecule has 0 saturated carbocycles. The number of rotatable bonds is 11. The van der Waals surface area contributed by atoms with Crippen molar-refractivity contribution in [3.05, 3.63) is 106 Å². The summed E-state index contributed by atoms with van der Waals surface area (Å²) >= 11 is 6.95. The SMILES string of the molecule is COc1ccc(CN(Cc2ccc(OC)cc2)c2ncc(-c3nc(N4CCOCC4)nc4c3CCN4c3ccc(C(=O)N4CCOCC4)cc3Cl)cn2)cc1. The number of morpholine rings is 2. The van der Waals surface area contributed by atoms with Crippen LogP contribution in [0, 0.1) is 0 Å². The molecular formula is C41H43ClN8O5. The predicted molar refractivity (Wildman–Crippen MR) is 211 cm³/mol. The second-order valence-corrected chi connectivity index (χ2v) is 14.0. The number of ether oxygens (including phenoxy) is 4. The number of hydrogen-bond acceptors (Lipinski definition) is 12. The molecule has 0 N–H and O–H groups in total. The van der Waals surface area contributed by atoms with Crippen LogP contribution in [-0.2, 0) is 29.0 Å². The zero-order valence-electron chi connectivity index (χ0n) is 31.0. The van der Waals surface area contributed by atoms with Crippen molar-refractivity contribution in [2.45, 2.75) is 19.5 Å². The van der Waals surface area contributed by atoms with Crippen LogP contribution in [0.2, 0.25) is 5.02 Å². The molecule has 13 nitrogen and oxygen atoms in total.